The molecule has 0 bridgehead atoms. The Balaban J connectivity index is 1.60. The molecule has 0 saturated carbocycles. The largest absolute Gasteiger partial charge is 0.236 e. The van der Waals surface area contributed by atoms with Gasteiger partial charge in [-0.15, -0.1) is 0 Å². The van der Waals surface area contributed by atoms with Crippen LogP contribution in [0.1, 0.15) is 63.5 Å². The number of benzene rings is 1. The lowest BCUT2D eigenvalue weighted by Gasteiger charge is -2.05. The molecule has 2 heterocycles. The molecule has 3 aromatic rings. The average Bonchev–Trinajstić information content (AvgIpc) is 2.75. The highest BCUT2D eigenvalue weighted by Gasteiger charge is 2.06. The number of aromatic nitrogens is 4. The molecule has 28 heavy (non-hydrogen) atoms. The van der Waals surface area contributed by atoms with E-state index in [2.05, 4.69) is 58.0 Å². The Hall–Kier alpha value is -2.62. The van der Waals surface area contributed by atoms with Gasteiger partial charge in [0.05, 0.1) is 5.56 Å². The van der Waals surface area contributed by atoms with Crippen molar-refractivity contribution >= 4 is 0 Å². The predicted octanol–water partition coefficient (Wildman–Crippen LogP) is 6.07. The smallest absolute Gasteiger partial charge is 0.162 e. The van der Waals surface area contributed by atoms with E-state index in [0.29, 0.717) is 5.82 Å². The molecule has 1 aromatic carbocycles. The lowest BCUT2D eigenvalue weighted by atomic mass is 10.0. The minimum atomic E-state index is 0.671. The van der Waals surface area contributed by atoms with Crippen molar-refractivity contribution in [2.75, 3.05) is 0 Å². The summed E-state index contributed by atoms with van der Waals surface area (Å²) in [4.78, 5) is 17.9. The van der Waals surface area contributed by atoms with Gasteiger partial charge in [0.25, 0.3) is 0 Å². The Morgan fingerprint density at radius 3 is 1.79 bits per heavy atom. The number of nitrogens with zero attached hydrogens (tertiary/aromatic N) is 4. The van der Waals surface area contributed by atoms with E-state index in [4.69, 9.17) is 0 Å². The van der Waals surface area contributed by atoms with Crippen LogP contribution >= 0.6 is 0 Å². The number of aryl methyl sites for hydroxylation is 2. The molecule has 0 aliphatic heterocycles. The molecule has 4 heteroatoms. The van der Waals surface area contributed by atoms with Crippen molar-refractivity contribution in [1.29, 1.82) is 0 Å². The SMILES string of the molecule is CCCCCCCc1ccc(-c2ncc(-c3ncc(CCC)cn3)cn2)cc1. The molecule has 0 atom stereocenters. The van der Waals surface area contributed by atoms with Crippen molar-refractivity contribution in [3.8, 4) is 22.8 Å². The zero-order valence-corrected chi connectivity index (χ0v) is 17.1. The second-order valence-corrected chi connectivity index (χ2v) is 7.32. The summed E-state index contributed by atoms with van der Waals surface area (Å²) in [5.74, 6) is 1.41. The van der Waals surface area contributed by atoms with E-state index in [0.717, 1.165) is 41.8 Å². The highest BCUT2D eigenvalue weighted by Crippen LogP contribution is 2.19. The number of rotatable bonds is 10. The predicted molar refractivity (Wildman–Crippen MR) is 115 cm³/mol. The Morgan fingerprint density at radius 1 is 0.536 bits per heavy atom. The summed E-state index contributed by atoms with van der Waals surface area (Å²) >= 11 is 0. The summed E-state index contributed by atoms with van der Waals surface area (Å²) < 4.78 is 0. The molecule has 0 amide bonds. The zero-order chi connectivity index (χ0) is 19.6. The summed E-state index contributed by atoms with van der Waals surface area (Å²) in [7, 11) is 0. The summed E-state index contributed by atoms with van der Waals surface area (Å²) in [6.45, 7) is 4.41. The van der Waals surface area contributed by atoms with Crippen molar-refractivity contribution in [2.24, 2.45) is 0 Å². The van der Waals surface area contributed by atoms with Crippen LogP contribution in [0.15, 0.2) is 49.1 Å². The van der Waals surface area contributed by atoms with E-state index >= 15 is 0 Å². The normalized spacial score (nSPS) is 10.9. The molecule has 2 aromatic heterocycles. The molecule has 146 valence electrons. The van der Waals surface area contributed by atoms with E-state index < -0.39 is 0 Å². The van der Waals surface area contributed by atoms with E-state index in [1.807, 2.05) is 12.4 Å². The van der Waals surface area contributed by atoms with Gasteiger partial charge in [0.1, 0.15) is 0 Å². The van der Waals surface area contributed by atoms with Gasteiger partial charge in [-0.05, 0) is 30.4 Å². The van der Waals surface area contributed by atoms with Crippen LogP contribution in [0.3, 0.4) is 0 Å². The standard InChI is InChI=1S/C24H30N4/c1-3-5-6-7-8-10-19-11-13-21(14-12-19)23-27-17-22(18-28-23)24-25-15-20(9-4-2)16-26-24/h11-18H,3-10H2,1-2H3. The first-order valence-corrected chi connectivity index (χ1v) is 10.5. The lowest BCUT2D eigenvalue weighted by molar-refractivity contribution is 0.632. The molecule has 3 rings (SSSR count). The van der Waals surface area contributed by atoms with Gasteiger partial charge in [-0.1, -0.05) is 70.2 Å². The first kappa shape index (κ1) is 20.1. The minimum absolute atomic E-state index is 0.671. The van der Waals surface area contributed by atoms with Crippen LogP contribution in [-0.2, 0) is 12.8 Å². The summed E-state index contributed by atoms with van der Waals surface area (Å²) in [6.07, 6.45) is 17.2. The maximum Gasteiger partial charge on any atom is 0.162 e. The average molecular weight is 375 g/mol. The van der Waals surface area contributed by atoms with Gasteiger partial charge >= 0.3 is 0 Å². The third-order valence-corrected chi connectivity index (χ3v) is 4.94. The fourth-order valence-electron chi connectivity index (χ4n) is 3.27. The molecule has 0 aliphatic rings. The highest BCUT2D eigenvalue weighted by molar-refractivity contribution is 5.58. The molecule has 0 spiro atoms. The lowest BCUT2D eigenvalue weighted by Crippen LogP contribution is -1.95. The molecule has 0 radical (unpaired) electrons. The zero-order valence-electron chi connectivity index (χ0n) is 17.1. The summed E-state index contributed by atoms with van der Waals surface area (Å²) in [5.41, 5.74) is 4.43. The van der Waals surface area contributed by atoms with E-state index in [1.165, 1.54) is 37.7 Å². The third kappa shape index (κ3) is 5.69. The molecule has 0 aliphatic carbocycles. The van der Waals surface area contributed by atoms with Gasteiger partial charge in [0.15, 0.2) is 11.6 Å². The Labute approximate surface area is 168 Å². The number of hydrogen-bond acceptors (Lipinski definition) is 4. The Kier molecular flexibility index (Phi) is 7.65. The number of hydrogen-bond donors (Lipinski definition) is 0. The van der Waals surface area contributed by atoms with Crippen molar-refractivity contribution in [3.05, 3.63) is 60.2 Å². The van der Waals surface area contributed by atoms with Gasteiger partial charge in [0.2, 0.25) is 0 Å². The Morgan fingerprint density at radius 2 is 1.14 bits per heavy atom. The fourth-order valence-corrected chi connectivity index (χ4v) is 3.27. The van der Waals surface area contributed by atoms with Gasteiger partial charge < -0.3 is 0 Å². The third-order valence-electron chi connectivity index (χ3n) is 4.94. The molecular formula is C24H30N4. The molecule has 0 N–H and O–H groups in total. The van der Waals surface area contributed by atoms with Crippen molar-refractivity contribution < 1.29 is 0 Å². The van der Waals surface area contributed by atoms with Crippen molar-refractivity contribution in [3.63, 3.8) is 0 Å². The maximum absolute atomic E-state index is 4.52. The Bertz CT molecular complexity index is 824. The van der Waals surface area contributed by atoms with Gasteiger partial charge in [0, 0.05) is 30.4 Å². The van der Waals surface area contributed by atoms with E-state index in [1.54, 1.807) is 12.4 Å². The number of unbranched alkanes of at least 4 members (excludes halogenated alkanes) is 4. The van der Waals surface area contributed by atoms with Gasteiger partial charge in [-0.3, -0.25) is 0 Å². The second-order valence-electron chi connectivity index (χ2n) is 7.32. The van der Waals surface area contributed by atoms with Crippen molar-refractivity contribution in [2.45, 2.75) is 65.2 Å². The first-order chi connectivity index (χ1) is 13.8. The van der Waals surface area contributed by atoms with Crippen molar-refractivity contribution in [1.82, 2.24) is 19.9 Å². The van der Waals surface area contributed by atoms with Crippen LogP contribution in [0, 0.1) is 0 Å². The quantitative estimate of drug-likeness (QED) is 0.404. The van der Waals surface area contributed by atoms with Crippen LogP contribution in [-0.4, -0.2) is 19.9 Å². The molecule has 0 fully saturated rings. The monoisotopic (exact) mass is 374 g/mol. The van der Waals surface area contributed by atoms with Gasteiger partial charge in [-0.2, -0.15) is 0 Å². The summed E-state index contributed by atoms with van der Waals surface area (Å²) in [6, 6.07) is 8.63. The van der Waals surface area contributed by atoms with E-state index in [-0.39, 0.29) is 0 Å². The van der Waals surface area contributed by atoms with E-state index in [9.17, 15) is 0 Å². The molecular weight excluding hydrogens is 344 g/mol. The van der Waals surface area contributed by atoms with Crippen LogP contribution in [0.4, 0.5) is 0 Å². The van der Waals surface area contributed by atoms with Gasteiger partial charge in [-0.25, -0.2) is 19.9 Å². The topological polar surface area (TPSA) is 51.6 Å². The van der Waals surface area contributed by atoms with Crippen LogP contribution in [0.5, 0.6) is 0 Å². The summed E-state index contributed by atoms with van der Waals surface area (Å²) in [5, 5.41) is 0. The maximum atomic E-state index is 4.52. The molecule has 0 unspecified atom stereocenters. The molecule has 4 nitrogen and oxygen atoms in total. The van der Waals surface area contributed by atoms with Crippen LogP contribution < -0.4 is 0 Å². The fraction of sp³-hybridized carbons (Fsp3) is 0.417. The highest BCUT2D eigenvalue weighted by atomic mass is 14.9. The second kappa shape index (κ2) is 10.6. The van der Waals surface area contributed by atoms with Crippen LogP contribution in [0.25, 0.3) is 22.8 Å². The van der Waals surface area contributed by atoms with Crippen LogP contribution in [0.2, 0.25) is 0 Å². The molecule has 0 saturated heterocycles. The first-order valence-electron chi connectivity index (χ1n) is 10.5. The minimum Gasteiger partial charge on any atom is -0.236 e.